The van der Waals surface area contributed by atoms with Gasteiger partial charge in [0.1, 0.15) is 5.76 Å². The van der Waals surface area contributed by atoms with Crippen LogP contribution in [-0.2, 0) is 4.74 Å². The average Bonchev–Trinajstić information content (AvgIpc) is 2.13. The van der Waals surface area contributed by atoms with E-state index in [2.05, 4.69) is 4.74 Å². The number of ether oxygens (including phenoxy) is 1. The van der Waals surface area contributed by atoms with Crippen LogP contribution >= 0.6 is 0 Å². The normalized spacial score (nSPS) is 9.86. The minimum atomic E-state index is -0.715. The number of hydrogen-bond donors (Lipinski definition) is 1. The van der Waals surface area contributed by atoms with Crippen molar-refractivity contribution in [2.45, 2.75) is 13.8 Å². The van der Waals surface area contributed by atoms with Gasteiger partial charge in [-0.15, -0.1) is 0 Å². The molecule has 1 aromatic heterocycles. The smallest absolute Gasteiger partial charge is 0.374 e. The first kappa shape index (κ1) is 10.3. The summed E-state index contributed by atoms with van der Waals surface area (Å²) in [5.41, 5.74) is -0.656. The molecule has 14 heavy (non-hydrogen) atoms. The van der Waals surface area contributed by atoms with Gasteiger partial charge in [-0.3, -0.25) is 4.79 Å². The van der Waals surface area contributed by atoms with Crippen LogP contribution in [0.25, 0.3) is 0 Å². The van der Waals surface area contributed by atoms with Crippen molar-refractivity contribution in [3.63, 3.8) is 0 Å². The van der Waals surface area contributed by atoms with Gasteiger partial charge < -0.3 is 14.3 Å². The molecular weight excluding hydrogens is 188 g/mol. The van der Waals surface area contributed by atoms with Crippen LogP contribution in [0.3, 0.4) is 0 Å². The topological polar surface area (TPSA) is 76.7 Å². The van der Waals surface area contributed by atoms with Crippen molar-refractivity contribution in [3.05, 3.63) is 27.8 Å². The molecule has 0 aliphatic heterocycles. The second kappa shape index (κ2) is 3.95. The van der Waals surface area contributed by atoms with Crippen LogP contribution in [0.1, 0.15) is 23.2 Å². The van der Waals surface area contributed by atoms with Crippen LogP contribution < -0.4 is 5.43 Å². The Morgan fingerprint density at radius 1 is 1.64 bits per heavy atom. The lowest BCUT2D eigenvalue weighted by Crippen LogP contribution is -2.10. The lowest BCUT2D eigenvalue weighted by Gasteiger charge is -2.02. The van der Waals surface area contributed by atoms with E-state index in [9.17, 15) is 9.59 Å². The van der Waals surface area contributed by atoms with Gasteiger partial charge in [0, 0.05) is 6.07 Å². The number of esters is 1. The monoisotopic (exact) mass is 198 g/mol. The standard InChI is InChI=1S/C9H10O5/c1-3-13-9(12)7-4-6(10)8(11)5(2)14-7/h4,11H,3H2,1-2H3. The van der Waals surface area contributed by atoms with Gasteiger partial charge in [-0.25, -0.2) is 4.79 Å². The lowest BCUT2D eigenvalue weighted by molar-refractivity contribution is 0.0484. The van der Waals surface area contributed by atoms with Gasteiger partial charge in [-0.2, -0.15) is 0 Å². The molecular formula is C9H10O5. The molecule has 1 N–H and O–H groups in total. The van der Waals surface area contributed by atoms with Crippen LogP contribution in [0.5, 0.6) is 5.75 Å². The largest absolute Gasteiger partial charge is 0.502 e. The summed E-state index contributed by atoms with van der Waals surface area (Å²) in [6.07, 6.45) is 0. The first-order chi connectivity index (χ1) is 6.56. The predicted octanol–water partition coefficient (Wildman–Crippen LogP) is 0.831. The molecule has 5 nitrogen and oxygen atoms in total. The zero-order chi connectivity index (χ0) is 10.7. The Bertz CT molecular complexity index is 404. The highest BCUT2D eigenvalue weighted by Crippen LogP contribution is 2.12. The predicted molar refractivity (Wildman–Crippen MR) is 47.3 cm³/mol. The maximum absolute atomic E-state index is 11.1. The molecule has 0 bridgehead atoms. The molecule has 1 rings (SSSR count). The zero-order valence-corrected chi connectivity index (χ0v) is 7.86. The third kappa shape index (κ3) is 1.93. The quantitative estimate of drug-likeness (QED) is 0.712. The van der Waals surface area contributed by atoms with Gasteiger partial charge >= 0.3 is 5.97 Å². The molecule has 1 aromatic rings. The van der Waals surface area contributed by atoms with E-state index < -0.39 is 17.1 Å². The molecule has 0 aliphatic carbocycles. The number of carbonyl (C=O) groups is 1. The van der Waals surface area contributed by atoms with E-state index in [1.165, 1.54) is 6.92 Å². The zero-order valence-electron chi connectivity index (χ0n) is 7.86. The maximum atomic E-state index is 11.1. The van der Waals surface area contributed by atoms with Crippen molar-refractivity contribution in [2.75, 3.05) is 6.61 Å². The number of aromatic hydroxyl groups is 1. The average molecular weight is 198 g/mol. The molecule has 0 aromatic carbocycles. The van der Waals surface area contributed by atoms with Crippen molar-refractivity contribution in [1.82, 2.24) is 0 Å². The number of hydrogen-bond acceptors (Lipinski definition) is 5. The molecule has 76 valence electrons. The first-order valence-corrected chi connectivity index (χ1v) is 4.07. The minimum absolute atomic E-state index is 0.000512. The first-order valence-electron chi connectivity index (χ1n) is 4.07. The lowest BCUT2D eigenvalue weighted by atomic mass is 10.3. The van der Waals surface area contributed by atoms with Crippen LogP contribution in [0.2, 0.25) is 0 Å². The molecule has 1 heterocycles. The summed E-state index contributed by atoms with van der Waals surface area (Å²) < 4.78 is 9.50. The Labute approximate surface area is 79.9 Å². The van der Waals surface area contributed by atoms with E-state index in [1.54, 1.807) is 6.92 Å². The molecule has 0 amide bonds. The number of rotatable bonds is 2. The van der Waals surface area contributed by atoms with E-state index in [4.69, 9.17) is 9.52 Å². The second-order valence-electron chi connectivity index (χ2n) is 2.60. The van der Waals surface area contributed by atoms with Gasteiger partial charge in [0.05, 0.1) is 6.61 Å². The summed E-state index contributed by atoms with van der Waals surface area (Å²) in [6, 6.07) is 0.903. The van der Waals surface area contributed by atoms with E-state index in [-0.39, 0.29) is 18.1 Å². The highest BCUT2D eigenvalue weighted by molar-refractivity contribution is 5.86. The van der Waals surface area contributed by atoms with Gasteiger partial charge in [0.15, 0.2) is 0 Å². The second-order valence-corrected chi connectivity index (χ2v) is 2.60. The Balaban J connectivity index is 3.13. The van der Waals surface area contributed by atoms with E-state index in [0.29, 0.717) is 0 Å². The van der Waals surface area contributed by atoms with Crippen molar-refractivity contribution < 1.29 is 19.1 Å². The van der Waals surface area contributed by atoms with Crippen molar-refractivity contribution >= 4 is 5.97 Å². The van der Waals surface area contributed by atoms with Gasteiger partial charge in [-0.1, -0.05) is 0 Å². The summed E-state index contributed by atoms with van der Waals surface area (Å²) in [6.45, 7) is 3.23. The third-order valence-corrected chi connectivity index (χ3v) is 1.57. The van der Waals surface area contributed by atoms with Crippen LogP contribution in [-0.4, -0.2) is 17.7 Å². The van der Waals surface area contributed by atoms with Gasteiger partial charge in [0.2, 0.25) is 16.9 Å². The molecule has 0 radical (unpaired) electrons. The van der Waals surface area contributed by atoms with Crippen LogP contribution in [0.15, 0.2) is 15.3 Å². The summed E-state index contributed by atoms with van der Waals surface area (Å²) in [5.74, 6) is -1.40. The van der Waals surface area contributed by atoms with E-state index in [0.717, 1.165) is 6.07 Å². The number of aryl methyl sites for hydroxylation is 1. The molecule has 5 heteroatoms. The molecule has 0 fully saturated rings. The highest BCUT2D eigenvalue weighted by atomic mass is 16.5. The third-order valence-electron chi connectivity index (χ3n) is 1.57. The number of carbonyl (C=O) groups excluding carboxylic acids is 1. The van der Waals surface area contributed by atoms with Crippen molar-refractivity contribution in [1.29, 1.82) is 0 Å². The Morgan fingerprint density at radius 3 is 2.79 bits per heavy atom. The van der Waals surface area contributed by atoms with E-state index in [1.807, 2.05) is 0 Å². The summed E-state index contributed by atoms with van der Waals surface area (Å²) in [4.78, 5) is 22.2. The highest BCUT2D eigenvalue weighted by Gasteiger charge is 2.14. The van der Waals surface area contributed by atoms with Gasteiger partial charge in [0.25, 0.3) is 0 Å². The fourth-order valence-corrected chi connectivity index (χ4v) is 0.906. The fourth-order valence-electron chi connectivity index (χ4n) is 0.906. The minimum Gasteiger partial charge on any atom is -0.502 e. The SMILES string of the molecule is CCOC(=O)c1cc(=O)c(O)c(C)o1. The molecule has 0 aliphatic rings. The molecule has 0 spiro atoms. The molecule has 0 saturated carbocycles. The van der Waals surface area contributed by atoms with Crippen molar-refractivity contribution in [2.24, 2.45) is 0 Å². The Kier molecular flexibility index (Phi) is 2.91. The van der Waals surface area contributed by atoms with Gasteiger partial charge in [-0.05, 0) is 13.8 Å². The maximum Gasteiger partial charge on any atom is 0.374 e. The van der Waals surface area contributed by atoms with Crippen LogP contribution in [0, 0.1) is 6.92 Å². The summed E-state index contributed by atoms with van der Waals surface area (Å²) in [5, 5.41) is 9.08. The molecule has 0 unspecified atom stereocenters. The van der Waals surface area contributed by atoms with Crippen LogP contribution in [0.4, 0.5) is 0 Å². The van der Waals surface area contributed by atoms with E-state index >= 15 is 0 Å². The fraction of sp³-hybridized carbons (Fsp3) is 0.333. The summed E-state index contributed by atoms with van der Waals surface area (Å²) >= 11 is 0. The van der Waals surface area contributed by atoms with Crippen molar-refractivity contribution in [3.8, 4) is 5.75 Å². The molecule has 0 saturated heterocycles. The Morgan fingerprint density at radius 2 is 2.29 bits per heavy atom. The summed E-state index contributed by atoms with van der Waals surface area (Å²) in [7, 11) is 0. The Hall–Kier alpha value is -1.78. The molecule has 0 atom stereocenters.